The molecule has 28 heavy (non-hydrogen) atoms. The van der Waals surface area contributed by atoms with Crippen LogP contribution in [0.1, 0.15) is 27.4 Å². The van der Waals surface area contributed by atoms with Crippen molar-refractivity contribution in [1.82, 2.24) is 5.16 Å². The molecule has 142 valence electrons. The summed E-state index contributed by atoms with van der Waals surface area (Å²) in [6.07, 6.45) is 4.49. The first kappa shape index (κ1) is 18.3. The Kier molecular flexibility index (Phi) is 4.69. The summed E-state index contributed by atoms with van der Waals surface area (Å²) >= 11 is 5.95. The van der Waals surface area contributed by atoms with Crippen molar-refractivity contribution in [1.29, 1.82) is 0 Å². The lowest BCUT2D eigenvalue weighted by Crippen LogP contribution is -2.28. The second-order valence-corrected chi connectivity index (χ2v) is 7.09. The molecule has 0 N–H and O–H groups in total. The Labute approximate surface area is 168 Å². The van der Waals surface area contributed by atoms with Gasteiger partial charge < -0.3 is 9.26 Å². The topological polar surface area (TPSA) is 55.6 Å². The number of fused-ring (bicyclic) bond motifs is 1. The van der Waals surface area contributed by atoms with Crippen LogP contribution in [0.25, 0.3) is 11.1 Å². The highest BCUT2D eigenvalue weighted by Gasteiger charge is 2.25. The number of anilines is 1. The molecule has 1 amide bonds. The Morgan fingerprint density at radius 3 is 2.61 bits per heavy atom. The summed E-state index contributed by atoms with van der Waals surface area (Å²) in [7, 11) is 1.62. The molecular formula is C22H19ClN2O3. The molecule has 0 unspecified atom stereocenters. The van der Waals surface area contributed by atoms with E-state index in [-0.39, 0.29) is 5.91 Å². The molecule has 0 bridgehead atoms. The maximum atomic E-state index is 13.1. The van der Waals surface area contributed by atoms with E-state index in [9.17, 15) is 4.79 Å². The third-order valence-electron chi connectivity index (χ3n) is 4.87. The van der Waals surface area contributed by atoms with E-state index >= 15 is 0 Å². The van der Waals surface area contributed by atoms with Crippen LogP contribution in [0.4, 0.5) is 5.69 Å². The number of aryl methyl sites for hydroxylation is 2. The SMILES string of the molecule is COc1cc2c(cc1-c1c(C)noc1C)CC=CN2C(=O)c1ccc(Cl)cc1. The number of carbonyl (C=O) groups excluding carboxylic acids is 1. The van der Waals surface area contributed by atoms with E-state index in [1.54, 1.807) is 42.5 Å². The Balaban J connectivity index is 1.81. The number of amides is 1. The summed E-state index contributed by atoms with van der Waals surface area (Å²) in [5, 5.41) is 4.64. The minimum atomic E-state index is -0.124. The third kappa shape index (κ3) is 3.08. The minimum Gasteiger partial charge on any atom is -0.496 e. The number of nitrogens with zero attached hydrogens (tertiary/aromatic N) is 2. The number of allylic oxidation sites excluding steroid dienone is 1. The summed E-state index contributed by atoms with van der Waals surface area (Å²) in [5.41, 5.74) is 5.03. The zero-order chi connectivity index (χ0) is 19.8. The van der Waals surface area contributed by atoms with Gasteiger partial charge in [-0.3, -0.25) is 9.69 Å². The fourth-order valence-electron chi connectivity index (χ4n) is 3.51. The lowest BCUT2D eigenvalue weighted by atomic mass is 9.96. The first-order valence-electron chi connectivity index (χ1n) is 8.89. The van der Waals surface area contributed by atoms with Crippen LogP contribution < -0.4 is 9.64 Å². The van der Waals surface area contributed by atoms with Gasteiger partial charge in [0.1, 0.15) is 11.5 Å². The van der Waals surface area contributed by atoms with Gasteiger partial charge in [0.05, 0.1) is 24.1 Å². The summed E-state index contributed by atoms with van der Waals surface area (Å²) in [5.74, 6) is 1.27. The van der Waals surface area contributed by atoms with Gasteiger partial charge >= 0.3 is 0 Å². The molecule has 5 nitrogen and oxygen atoms in total. The zero-order valence-electron chi connectivity index (χ0n) is 15.8. The highest BCUT2D eigenvalue weighted by Crippen LogP contribution is 2.41. The highest BCUT2D eigenvalue weighted by atomic mass is 35.5. The van der Waals surface area contributed by atoms with Crippen molar-refractivity contribution in [3.8, 4) is 16.9 Å². The number of methoxy groups -OCH3 is 1. The Hall–Kier alpha value is -3.05. The molecule has 1 aliphatic heterocycles. The molecule has 0 fully saturated rings. The Morgan fingerprint density at radius 2 is 1.96 bits per heavy atom. The van der Waals surface area contributed by atoms with Crippen LogP contribution in [0.3, 0.4) is 0 Å². The normalized spacial score (nSPS) is 12.8. The quantitative estimate of drug-likeness (QED) is 0.601. The second-order valence-electron chi connectivity index (χ2n) is 6.65. The minimum absolute atomic E-state index is 0.124. The molecule has 2 aromatic carbocycles. The zero-order valence-corrected chi connectivity index (χ0v) is 16.6. The Morgan fingerprint density at radius 1 is 1.21 bits per heavy atom. The van der Waals surface area contributed by atoms with E-state index in [4.69, 9.17) is 20.9 Å². The van der Waals surface area contributed by atoms with Gasteiger partial charge in [-0.1, -0.05) is 22.8 Å². The number of ether oxygens (including phenoxy) is 1. The van der Waals surface area contributed by atoms with Gasteiger partial charge in [-0.05, 0) is 56.2 Å². The third-order valence-corrected chi connectivity index (χ3v) is 5.12. The smallest absolute Gasteiger partial charge is 0.262 e. The molecular weight excluding hydrogens is 376 g/mol. The lowest BCUT2D eigenvalue weighted by molar-refractivity contribution is 0.0997. The van der Waals surface area contributed by atoms with E-state index < -0.39 is 0 Å². The maximum Gasteiger partial charge on any atom is 0.262 e. The van der Waals surface area contributed by atoms with Crippen LogP contribution in [0.5, 0.6) is 5.75 Å². The Bertz CT molecular complexity index is 1060. The van der Waals surface area contributed by atoms with Gasteiger partial charge in [0.2, 0.25) is 0 Å². The van der Waals surface area contributed by atoms with Crippen molar-refractivity contribution in [3.05, 3.63) is 76.3 Å². The molecule has 0 aliphatic carbocycles. The molecule has 1 aliphatic rings. The van der Waals surface area contributed by atoms with Crippen molar-refractivity contribution in [2.45, 2.75) is 20.3 Å². The molecule has 0 saturated carbocycles. The predicted molar refractivity (Wildman–Crippen MR) is 109 cm³/mol. The average Bonchev–Trinajstić information content (AvgIpc) is 3.04. The number of halogens is 1. The lowest BCUT2D eigenvalue weighted by Gasteiger charge is -2.26. The van der Waals surface area contributed by atoms with Gasteiger partial charge in [0.25, 0.3) is 5.91 Å². The van der Waals surface area contributed by atoms with Crippen molar-refractivity contribution < 1.29 is 14.1 Å². The highest BCUT2D eigenvalue weighted by molar-refractivity contribution is 6.30. The number of carbonyl (C=O) groups is 1. The van der Waals surface area contributed by atoms with Gasteiger partial charge in [-0.2, -0.15) is 0 Å². The molecule has 2 heterocycles. The first-order chi connectivity index (χ1) is 13.5. The van der Waals surface area contributed by atoms with E-state index in [0.29, 0.717) is 16.3 Å². The van der Waals surface area contributed by atoms with Gasteiger partial charge in [-0.25, -0.2) is 0 Å². The van der Waals surface area contributed by atoms with Crippen LogP contribution in [0.2, 0.25) is 5.02 Å². The van der Waals surface area contributed by atoms with Crippen LogP contribution in [0.15, 0.2) is 53.2 Å². The van der Waals surface area contributed by atoms with Crippen LogP contribution >= 0.6 is 11.6 Å². The molecule has 1 aromatic heterocycles. The van der Waals surface area contributed by atoms with E-state index in [0.717, 1.165) is 40.3 Å². The number of rotatable bonds is 3. The van der Waals surface area contributed by atoms with Crippen LogP contribution in [-0.4, -0.2) is 18.2 Å². The molecule has 0 spiro atoms. The number of hydrogen-bond donors (Lipinski definition) is 0. The van der Waals surface area contributed by atoms with Gasteiger partial charge in [0.15, 0.2) is 0 Å². The number of aromatic nitrogens is 1. The molecule has 3 aromatic rings. The van der Waals surface area contributed by atoms with Crippen LogP contribution in [0, 0.1) is 13.8 Å². The van der Waals surface area contributed by atoms with E-state index in [1.165, 1.54) is 0 Å². The van der Waals surface area contributed by atoms with Crippen molar-refractivity contribution >= 4 is 23.2 Å². The molecule has 0 radical (unpaired) electrons. The predicted octanol–water partition coefficient (Wildman–Crippen LogP) is 5.34. The fourth-order valence-corrected chi connectivity index (χ4v) is 3.63. The number of hydrogen-bond acceptors (Lipinski definition) is 4. The molecule has 4 rings (SSSR count). The van der Waals surface area contributed by atoms with Crippen LogP contribution in [-0.2, 0) is 6.42 Å². The first-order valence-corrected chi connectivity index (χ1v) is 9.27. The largest absolute Gasteiger partial charge is 0.496 e. The van der Waals surface area contributed by atoms with Crippen molar-refractivity contribution in [2.75, 3.05) is 12.0 Å². The molecule has 0 atom stereocenters. The van der Waals surface area contributed by atoms with Crippen molar-refractivity contribution in [3.63, 3.8) is 0 Å². The monoisotopic (exact) mass is 394 g/mol. The summed E-state index contributed by atoms with van der Waals surface area (Å²) in [6, 6.07) is 10.8. The molecule has 0 saturated heterocycles. The van der Waals surface area contributed by atoms with E-state index in [2.05, 4.69) is 5.16 Å². The summed E-state index contributed by atoms with van der Waals surface area (Å²) in [6.45, 7) is 3.78. The second kappa shape index (κ2) is 7.17. The summed E-state index contributed by atoms with van der Waals surface area (Å²) < 4.78 is 11.0. The average molecular weight is 395 g/mol. The standard InChI is InChI=1S/C22H19ClN2O3/c1-13-21(14(2)28-24-13)18-11-16-5-4-10-25(19(16)12-20(18)27-3)22(26)15-6-8-17(23)9-7-15/h4,6-12H,5H2,1-3H3. The maximum absolute atomic E-state index is 13.1. The molecule has 6 heteroatoms. The summed E-state index contributed by atoms with van der Waals surface area (Å²) in [4.78, 5) is 14.7. The number of benzene rings is 2. The fraction of sp³-hybridized carbons (Fsp3) is 0.182. The van der Waals surface area contributed by atoms with Crippen molar-refractivity contribution in [2.24, 2.45) is 0 Å². The van der Waals surface area contributed by atoms with Gasteiger partial charge in [-0.15, -0.1) is 0 Å². The van der Waals surface area contributed by atoms with Gasteiger partial charge in [0, 0.05) is 28.4 Å². The van der Waals surface area contributed by atoms with E-state index in [1.807, 2.05) is 32.1 Å².